The number of nitrogens with zero attached hydrogens (tertiary/aromatic N) is 2. The van der Waals surface area contributed by atoms with Crippen LogP contribution < -0.4 is 0 Å². The van der Waals surface area contributed by atoms with Crippen LogP contribution in [-0.2, 0) is 25.4 Å². The molecule has 17 heavy (non-hydrogen) atoms. The van der Waals surface area contributed by atoms with Crippen molar-refractivity contribution >= 4 is 30.9 Å². The first-order valence-electron chi connectivity index (χ1n) is 5.43. The Morgan fingerprint density at radius 2 is 1.35 bits per heavy atom. The van der Waals surface area contributed by atoms with Crippen molar-refractivity contribution in [1.29, 1.82) is 0 Å². The van der Waals surface area contributed by atoms with E-state index in [0.717, 1.165) is 50.9 Å². The molecule has 104 valence electrons. The van der Waals surface area contributed by atoms with Crippen LogP contribution in [0.5, 0.6) is 0 Å². The molecule has 0 spiro atoms. The Hall–Kier alpha value is 0.182. The maximum absolute atomic E-state index is 5.05. The van der Waals surface area contributed by atoms with Crippen molar-refractivity contribution in [3.05, 3.63) is 0 Å². The summed E-state index contributed by atoms with van der Waals surface area (Å²) >= 11 is -0.106. The first-order chi connectivity index (χ1) is 8.28. The fourth-order valence-corrected chi connectivity index (χ4v) is 1.19. The molecule has 4 nitrogen and oxygen atoms in total. The first kappa shape index (κ1) is 17.2. The molecule has 0 aromatic heterocycles. The number of hydrogen-bond acceptors (Lipinski definition) is 4. The van der Waals surface area contributed by atoms with Crippen LogP contribution in [0.3, 0.4) is 0 Å². The van der Waals surface area contributed by atoms with Gasteiger partial charge in [-0.3, -0.25) is 9.98 Å². The predicted octanol–water partition coefficient (Wildman–Crippen LogP) is 3.03. The quantitative estimate of drug-likeness (QED) is 0.696. The molecule has 0 amide bonds. The van der Waals surface area contributed by atoms with Crippen LogP contribution in [0.25, 0.3) is 0 Å². The van der Waals surface area contributed by atoms with E-state index in [-0.39, 0.29) is 15.9 Å². The monoisotopic (exact) mass is 374 g/mol. The minimum absolute atomic E-state index is 0.106. The van der Waals surface area contributed by atoms with Gasteiger partial charge in [0.25, 0.3) is 0 Å². The molecule has 0 aromatic carbocycles. The van der Waals surface area contributed by atoms with E-state index in [2.05, 4.69) is 9.98 Å². The molecule has 0 bridgehead atoms. The van der Waals surface area contributed by atoms with Gasteiger partial charge in [-0.15, -0.1) is 0 Å². The van der Waals surface area contributed by atoms with Crippen LogP contribution in [0.1, 0.15) is 26.7 Å². The molecule has 2 heterocycles. The van der Waals surface area contributed by atoms with E-state index in [1.165, 1.54) is 0 Å². The Bertz CT molecular complexity index is 226. The van der Waals surface area contributed by atoms with Gasteiger partial charge in [0.05, 0.1) is 13.1 Å². The summed E-state index contributed by atoms with van der Waals surface area (Å²) in [5.74, 6) is 1.83. The topological polar surface area (TPSA) is 43.2 Å². The van der Waals surface area contributed by atoms with Gasteiger partial charge in [-0.05, 0) is 0 Å². The molecule has 7 heteroatoms. The SMILES string of the molecule is CCC1=NCCO1.CCC1=NCCO1.[Cl][Pd][Cl]. The molecule has 0 saturated heterocycles. The summed E-state index contributed by atoms with van der Waals surface area (Å²) in [6.07, 6.45) is 1.89. The van der Waals surface area contributed by atoms with E-state index in [4.69, 9.17) is 28.5 Å². The number of hydrogen-bond donors (Lipinski definition) is 0. The zero-order chi connectivity index (χ0) is 12.9. The van der Waals surface area contributed by atoms with E-state index in [1.807, 2.05) is 13.8 Å². The van der Waals surface area contributed by atoms with Gasteiger partial charge in [0, 0.05) is 12.8 Å². The number of halogens is 2. The molecular formula is C10H18Cl2N2O2Pd. The van der Waals surface area contributed by atoms with Gasteiger partial charge in [-0.1, -0.05) is 13.8 Å². The number of aliphatic imine (C=N–C) groups is 2. The third-order valence-corrected chi connectivity index (χ3v) is 1.90. The summed E-state index contributed by atoms with van der Waals surface area (Å²) < 4.78 is 10.1. The second-order valence-corrected chi connectivity index (χ2v) is 5.36. The van der Waals surface area contributed by atoms with Crippen molar-refractivity contribution in [2.75, 3.05) is 26.3 Å². The first-order valence-corrected chi connectivity index (χ1v) is 9.43. The molecule has 0 aliphatic carbocycles. The van der Waals surface area contributed by atoms with Gasteiger partial charge in [0.1, 0.15) is 13.2 Å². The standard InChI is InChI=1S/2C5H9NO.2ClH.Pd/c2*1-2-5-6-3-4-7-5;;;/h2*2-4H2,1H3;2*1H;/q;;;;+2/p-2. The van der Waals surface area contributed by atoms with Crippen LogP contribution in [0, 0.1) is 0 Å². The van der Waals surface area contributed by atoms with Gasteiger partial charge >= 0.3 is 35.0 Å². The Kier molecular flexibility index (Phi) is 12.8. The van der Waals surface area contributed by atoms with Crippen molar-refractivity contribution in [1.82, 2.24) is 0 Å². The Morgan fingerprint density at radius 1 is 1.00 bits per heavy atom. The summed E-state index contributed by atoms with van der Waals surface area (Å²) in [5.41, 5.74) is 0. The van der Waals surface area contributed by atoms with Crippen LogP contribution in [0.15, 0.2) is 9.98 Å². The Morgan fingerprint density at radius 3 is 1.47 bits per heavy atom. The van der Waals surface area contributed by atoms with Gasteiger partial charge in [0.2, 0.25) is 0 Å². The molecule has 0 aromatic rings. The van der Waals surface area contributed by atoms with Gasteiger partial charge in [-0.25, -0.2) is 0 Å². The van der Waals surface area contributed by atoms with E-state index < -0.39 is 0 Å². The summed E-state index contributed by atoms with van der Waals surface area (Å²) in [5, 5.41) is 0. The molecule has 2 rings (SSSR count). The van der Waals surface area contributed by atoms with Gasteiger partial charge in [-0.2, -0.15) is 0 Å². The van der Waals surface area contributed by atoms with Gasteiger partial charge in [0.15, 0.2) is 11.8 Å². The van der Waals surface area contributed by atoms with Gasteiger partial charge < -0.3 is 9.47 Å². The van der Waals surface area contributed by atoms with E-state index in [0.29, 0.717) is 0 Å². The molecule has 0 fully saturated rings. The second-order valence-electron chi connectivity index (χ2n) is 3.00. The minimum atomic E-state index is -0.106. The zero-order valence-electron chi connectivity index (χ0n) is 10.0. The predicted molar refractivity (Wildman–Crippen MR) is 68.8 cm³/mol. The van der Waals surface area contributed by atoms with E-state index in [1.54, 1.807) is 0 Å². The van der Waals surface area contributed by atoms with Crippen molar-refractivity contribution in [3.8, 4) is 0 Å². The molecule has 2 aliphatic heterocycles. The Balaban J connectivity index is 0.000000247. The molecule has 0 unspecified atom stereocenters. The average Bonchev–Trinajstić information content (AvgIpc) is 3.04. The van der Waals surface area contributed by atoms with Crippen LogP contribution in [-0.4, -0.2) is 38.1 Å². The van der Waals surface area contributed by atoms with Crippen molar-refractivity contribution in [3.63, 3.8) is 0 Å². The van der Waals surface area contributed by atoms with Crippen molar-refractivity contribution < 1.29 is 25.4 Å². The zero-order valence-corrected chi connectivity index (χ0v) is 13.1. The van der Waals surface area contributed by atoms with Crippen LogP contribution in [0.2, 0.25) is 0 Å². The van der Waals surface area contributed by atoms with Crippen molar-refractivity contribution in [2.24, 2.45) is 9.98 Å². The molecule has 0 N–H and O–H groups in total. The van der Waals surface area contributed by atoms with E-state index >= 15 is 0 Å². The summed E-state index contributed by atoms with van der Waals surface area (Å²) in [6, 6.07) is 0. The molecule has 0 atom stereocenters. The van der Waals surface area contributed by atoms with Crippen molar-refractivity contribution in [2.45, 2.75) is 26.7 Å². The Labute approximate surface area is 119 Å². The summed E-state index contributed by atoms with van der Waals surface area (Å²) in [7, 11) is 9.63. The molecular weight excluding hydrogens is 357 g/mol. The average molecular weight is 376 g/mol. The maximum atomic E-state index is 5.05. The van der Waals surface area contributed by atoms with E-state index in [9.17, 15) is 0 Å². The second kappa shape index (κ2) is 12.6. The fourth-order valence-electron chi connectivity index (χ4n) is 1.19. The summed E-state index contributed by atoms with van der Waals surface area (Å²) in [6.45, 7) is 7.41. The number of rotatable bonds is 2. The number of ether oxygens (including phenoxy) is 2. The molecule has 2 aliphatic rings. The third kappa shape index (κ3) is 9.85. The summed E-state index contributed by atoms with van der Waals surface area (Å²) in [4.78, 5) is 8.10. The molecule has 0 radical (unpaired) electrons. The normalized spacial score (nSPS) is 16.7. The molecule has 0 saturated carbocycles. The van der Waals surface area contributed by atoms with Crippen LogP contribution >= 0.6 is 19.1 Å². The third-order valence-electron chi connectivity index (χ3n) is 1.90. The fraction of sp³-hybridized carbons (Fsp3) is 0.800. The van der Waals surface area contributed by atoms with Crippen LogP contribution in [0.4, 0.5) is 0 Å².